The largest absolute Gasteiger partial charge is 0.416 e. The minimum Gasteiger partial charge on any atom is -0.347 e. The first-order valence-corrected chi connectivity index (χ1v) is 8.92. The van der Waals surface area contributed by atoms with E-state index in [0.717, 1.165) is 12.1 Å². The van der Waals surface area contributed by atoms with Crippen molar-refractivity contribution in [2.75, 3.05) is 0 Å². The number of aryl methyl sites for hydroxylation is 1. The van der Waals surface area contributed by atoms with Crippen molar-refractivity contribution in [3.63, 3.8) is 0 Å². The predicted molar refractivity (Wildman–Crippen MR) is 101 cm³/mol. The molecule has 0 unspecified atom stereocenters. The molecule has 0 spiro atoms. The summed E-state index contributed by atoms with van der Waals surface area (Å²) < 4.78 is 53.8. The lowest BCUT2D eigenvalue weighted by atomic mass is 10.1. The molecule has 0 aliphatic rings. The molecule has 3 aromatic rings. The maximum Gasteiger partial charge on any atom is 0.416 e. The van der Waals surface area contributed by atoms with Crippen molar-refractivity contribution < 1.29 is 22.4 Å². The molecule has 0 saturated heterocycles. The number of hydrogen-bond donors (Lipinski definition) is 1. The van der Waals surface area contributed by atoms with Gasteiger partial charge < -0.3 is 9.88 Å². The summed E-state index contributed by atoms with van der Waals surface area (Å²) in [5, 5.41) is 2.46. The van der Waals surface area contributed by atoms with Crippen LogP contribution in [0.2, 0.25) is 0 Å². The van der Waals surface area contributed by atoms with Crippen LogP contribution < -0.4 is 10.7 Å². The highest BCUT2D eigenvalue weighted by atomic mass is 19.4. The SMILES string of the molecule is CCn1cc(C(=O)N[C@@H](C)c2ccc(F)cc2)c(=O)c2cc(C(F)(F)F)ccc21. The molecule has 29 heavy (non-hydrogen) atoms. The van der Waals surface area contributed by atoms with Gasteiger partial charge in [0.15, 0.2) is 0 Å². The van der Waals surface area contributed by atoms with Crippen LogP contribution in [0.1, 0.15) is 41.4 Å². The van der Waals surface area contributed by atoms with E-state index in [0.29, 0.717) is 17.6 Å². The molecule has 1 N–H and O–H groups in total. The number of nitrogens with zero attached hydrogens (tertiary/aromatic N) is 1. The Morgan fingerprint density at radius 1 is 1.14 bits per heavy atom. The molecule has 0 bridgehead atoms. The van der Waals surface area contributed by atoms with Gasteiger partial charge in [0.2, 0.25) is 5.43 Å². The Bertz CT molecular complexity index is 1120. The number of hydrogen-bond acceptors (Lipinski definition) is 2. The van der Waals surface area contributed by atoms with Gasteiger partial charge in [0, 0.05) is 18.1 Å². The second kappa shape index (κ2) is 7.69. The predicted octanol–water partition coefficient (Wildman–Crippen LogP) is 4.67. The summed E-state index contributed by atoms with van der Waals surface area (Å²) in [5.41, 5.74) is -1.06. The number of carbonyl (C=O) groups is 1. The standard InChI is InChI=1S/C21H18F4N2O2/c1-3-27-11-17(20(29)26-12(2)13-4-7-15(22)8-5-13)19(28)16-10-14(21(23,24)25)6-9-18(16)27/h4-12H,3H2,1-2H3,(H,26,29)/t12-/m0/s1. The van der Waals surface area contributed by atoms with E-state index in [1.54, 1.807) is 18.4 Å². The fourth-order valence-corrected chi connectivity index (χ4v) is 3.11. The lowest BCUT2D eigenvalue weighted by Crippen LogP contribution is -2.32. The van der Waals surface area contributed by atoms with Gasteiger partial charge in [-0.15, -0.1) is 0 Å². The molecule has 0 fully saturated rings. The third-order valence-corrected chi connectivity index (χ3v) is 4.71. The topological polar surface area (TPSA) is 51.1 Å². The maximum atomic E-state index is 13.1. The molecule has 0 saturated carbocycles. The number of halogens is 4. The van der Waals surface area contributed by atoms with Crippen LogP contribution in [0.4, 0.5) is 17.6 Å². The minimum atomic E-state index is -4.60. The molecule has 0 aliphatic heterocycles. The molecule has 152 valence electrons. The van der Waals surface area contributed by atoms with Gasteiger partial charge >= 0.3 is 6.18 Å². The van der Waals surface area contributed by atoms with Crippen molar-refractivity contribution >= 4 is 16.8 Å². The van der Waals surface area contributed by atoms with Crippen LogP contribution >= 0.6 is 0 Å². The van der Waals surface area contributed by atoms with Crippen molar-refractivity contribution in [2.24, 2.45) is 0 Å². The summed E-state index contributed by atoms with van der Waals surface area (Å²) in [6.07, 6.45) is -3.27. The van der Waals surface area contributed by atoms with E-state index in [1.165, 1.54) is 36.5 Å². The molecule has 1 atom stereocenters. The highest BCUT2D eigenvalue weighted by Crippen LogP contribution is 2.30. The van der Waals surface area contributed by atoms with Gasteiger partial charge in [-0.05, 0) is 49.7 Å². The van der Waals surface area contributed by atoms with Gasteiger partial charge in [0.05, 0.1) is 17.1 Å². The highest BCUT2D eigenvalue weighted by molar-refractivity contribution is 5.97. The van der Waals surface area contributed by atoms with Crippen molar-refractivity contribution in [1.82, 2.24) is 9.88 Å². The van der Waals surface area contributed by atoms with Crippen LogP contribution in [-0.2, 0) is 12.7 Å². The molecule has 2 aromatic carbocycles. The number of benzene rings is 2. The smallest absolute Gasteiger partial charge is 0.347 e. The second-order valence-corrected chi connectivity index (χ2v) is 6.63. The first-order valence-electron chi connectivity index (χ1n) is 8.92. The van der Waals surface area contributed by atoms with E-state index < -0.39 is 34.9 Å². The number of pyridine rings is 1. The molecule has 4 nitrogen and oxygen atoms in total. The third kappa shape index (κ3) is 4.16. The number of carbonyl (C=O) groups excluding carboxylic acids is 1. The average molecular weight is 406 g/mol. The van der Waals surface area contributed by atoms with Crippen molar-refractivity contribution in [2.45, 2.75) is 32.6 Å². The first-order chi connectivity index (χ1) is 13.6. The van der Waals surface area contributed by atoms with E-state index in [1.807, 2.05) is 0 Å². The third-order valence-electron chi connectivity index (χ3n) is 4.71. The van der Waals surface area contributed by atoms with Gasteiger partial charge in [-0.25, -0.2) is 4.39 Å². The number of rotatable bonds is 4. The molecule has 0 radical (unpaired) electrons. The van der Waals surface area contributed by atoms with Crippen LogP contribution in [0.5, 0.6) is 0 Å². The van der Waals surface area contributed by atoms with Crippen LogP contribution in [-0.4, -0.2) is 10.5 Å². The number of amides is 1. The number of aromatic nitrogens is 1. The molecule has 1 aromatic heterocycles. The van der Waals surface area contributed by atoms with Crippen LogP contribution in [0.3, 0.4) is 0 Å². The molecule has 3 rings (SSSR count). The first kappa shape index (κ1) is 20.6. The Hall–Kier alpha value is -3.16. The second-order valence-electron chi connectivity index (χ2n) is 6.63. The average Bonchev–Trinajstić information content (AvgIpc) is 2.67. The van der Waals surface area contributed by atoms with E-state index in [9.17, 15) is 27.2 Å². The fourth-order valence-electron chi connectivity index (χ4n) is 3.11. The Kier molecular flexibility index (Phi) is 5.46. The Morgan fingerprint density at radius 2 is 1.79 bits per heavy atom. The Balaban J connectivity index is 2.03. The summed E-state index contributed by atoms with van der Waals surface area (Å²) in [4.78, 5) is 25.5. The van der Waals surface area contributed by atoms with E-state index in [2.05, 4.69) is 5.32 Å². The van der Waals surface area contributed by atoms with Gasteiger partial charge in [-0.2, -0.15) is 13.2 Å². The van der Waals surface area contributed by atoms with Gasteiger partial charge in [0.1, 0.15) is 11.4 Å². The number of nitrogens with one attached hydrogen (secondary N) is 1. The van der Waals surface area contributed by atoms with Crippen LogP contribution in [0.15, 0.2) is 53.5 Å². The van der Waals surface area contributed by atoms with E-state index in [4.69, 9.17) is 0 Å². The molecule has 0 aliphatic carbocycles. The maximum absolute atomic E-state index is 13.1. The zero-order valence-electron chi connectivity index (χ0n) is 15.7. The van der Waals surface area contributed by atoms with E-state index >= 15 is 0 Å². The number of fused-ring (bicyclic) bond motifs is 1. The molecule has 8 heteroatoms. The normalized spacial score (nSPS) is 12.8. The lowest BCUT2D eigenvalue weighted by molar-refractivity contribution is -0.137. The summed E-state index contributed by atoms with van der Waals surface area (Å²) in [5.74, 6) is -1.14. The molecular weight excluding hydrogens is 388 g/mol. The number of alkyl halides is 3. The molecule has 1 heterocycles. The summed E-state index contributed by atoms with van der Waals surface area (Å²) in [6, 6.07) is 7.87. The lowest BCUT2D eigenvalue weighted by Gasteiger charge is -2.16. The summed E-state index contributed by atoms with van der Waals surface area (Å²) in [7, 11) is 0. The summed E-state index contributed by atoms with van der Waals surface area (Å²) in [6.45, 7) is 3.77. The zero-order chi connectivity index (χ0) is 21.3. The monoisotopic (exact) mass is 406 g/mol. The van der Waals surface area contributed by atoms with Gasteiger partial charge in [-0.1, -0.05) is 12.1 Å². The van der Waals surface area contributed by atoms with Gasteiger partial charge in [-0.3, -0.25) is 9.59 Å². The zero-order valence-corrected chi connectivity index (χ0v) is 15.7. The highest BCUT2D eigenvalue weighted by Gasteiger charge is 2.31. The van der Waals surface area contributed by atoms with Crippen molar-refractivity contribution in [3.8, 4) is 0 Å². The Morgan fingerprint density at radius 3 is 2.38 bits per heavy atom. The van der Waals surface area contributed by atoms with Crippen molar-refractivity contribution in [3.05, 3.63) is 81.4 Å². The molecule has 1 amide bonds. The van der Waals surface area contributed by atoms with Crippen LogP contribution in [0.25, 0.3) is 10.9 Å². The van der Waals surface area contributed by atoms with Crippen molar-refractivity contribution in [1.29, 1.82) is 0 Å². The molecular formula is C21H18F4N2O2. The van der Waals surface area contributed by atoms with Gasteiger partial charge in [0.25, 0.3) is 5.91 Å². The fraction of sp³-hybridized carbons (Fsp3) is 0.238. The summed E-state index contributed by atoms with van der Waals surface area (Å²) >= 11 is 0. The Labute approximate surface area is 163 Å². The van der Waals surface area contributed by atoms with E-state index in [-0.39, 0.29) is 10.9 Å². The van der Waals surface area contributed by atoms with Crippen LogP contribution in [0, 0.1) is 5.82 Å². The minimum absolute atomic E-state index is 0.177. The quantitative estimate of drug-likeness (QED) is 0.640.